The summed E-state index contributed by atoms with van der Waals surface area (Å²) in [5.41, 5.74) is 1.37. The molecule has 6 nitrogen and oxygen atoms in total. The number of fused-ring (bicyclic) bond motifs is 5. The lowest BCUT2D eigenvalue weighted by Crippen LogP contribution is -2.62. The predicted octanol–water partition coefficient (Wildman–Crippen LogP) is 5.76. The minimum atomic E-state index is -0.979. The summed E-state index contributed by atoms with van der Waals surface area (Å²) in [7, 11) is 0. The van der Waals surface area contributed by atoms with Gasteiger partial charge in [-0.3, -0.25) is 0 Å². The molecular weight excluding hydrogens is 464 g/mol. The third-order valence-electron chi connectivity index (χ3n) is 12.2. The van der Waals surface area contributed by atoms with Crippen LogP contribution in [0.4, 0.5) is 0 Å². The van der Waals surface area contributed by atoms with Crippen LogP contribution >= 0.6 is 0 Å². The van der Waals surface area contributed by atoms with Gasteiger partial charge in [0.15, 0.2) is 5.69 Å². The van der Waals surface area contributed by atoms with Crippen molar-refractivity contribution in [1.29, 1.82) is 0 Å². The van der Waals surface area contributed by atoms with Crippen molar-refractivity contribution in [3.8, 4) is 0 Å². The van der Waals surface area contributed by atoms with Crippen LogP contribution in [-0.2, 0) is 6.42 Å². The standard InChI is InChI=1S/C31H48N2O4/c1-5-21-25-15-20(34)11-13-31(25,4)24-12-14-30(3)22(9-10-23(30)26(24)28(21)35)18(2)7-6-8-19-16-32-17-33-27(19)29(36)37/h16-18,20-26,28,34-35H,5-15H2,1-4H3,(H,36,37)/t18-,20-,21-,22-,23?,24?,25?,26?,28-,30?,31?/m1/s1. The van der Waals surface area contributed by atoms with Gasteiger partial charge in [-0.1, -0.05) is 40.5 Å². The van der Waals surface area contributed by atoms with Crippen molar-refractivity contribution in [2.24, 2.45) is 52.3 Å². The van der Waals surface area contributed by atoms with Gasteiger partial charge in [0.05, 0.1) is 12.2 Å². The lowest BCUT2D eigenvalue weighted by atomic mass is 9.41. The van der Waals surface area contributed by atoms with Gasteiger partial charge in [0.1, 0.15) is 6.33 Å². The normalized spacial score (nSPS) is 43.9. The number of hydrogen-bond acceptors (Lipinski definition) is 5. The second-order valence-electron chi connectivity index (χ2n) is 13.7. The summed E-state index contributed by atoms with van der Waals surface area (Å²) in [6.45, 7) is 9.68. The fraction of sp³-hybridized carbons (Fsp3) is 0.839. The van der Waals surface area contributed by atoms with Gasteiger partial charge in [-0.15, -0.1) is 0 Å². The number of aromatic carboxylic acids is 1. The van der Waals surface area contributed by atoms with Crippen LogP contribution < -0.4 is 0 Å². The van der Waals surface area contributed by atoms with Crippen molar-refractivity contribution in [1.82, 2.24) is 9.97 Å². The Balaban J connectivity index is 1.30. The van der Waals surface area contributed by atoms with E-state index in [-0.39, 0.29) is 28.7 Å². The molecule has 4 fully saturated rings. The zero-order valence-electron chi connectivity index (χ0n) is 23.3. The average molecular weight is 513 g/mol. The highest BCUT2D eigenvalue weighted by atomic mass is 16.4. The van der Waals surface area contributed by atoms with E-state index in [1.807, 2.05) is 0 Å². The summed E-state index contributed by atoms with van der Waals surface area (Å²) in [5, 5.41) is 31.8. The monoisotopic (exact) mass is 512 g/mol. The van der Waals surface area contributed by atoms with Crippen molar-refractivity contribution in [3.05, 3.63) is 23.8 Å². The molecule has 4 aliphatic rings. The number of rotatable bonds is 7. The van der Waals surface area contributed by atoms with Gasteiger partial charge in [0.2, 0.25) is 0 Å². The number of carbonyl (C=O) groups is 1. The lowest BCUT2D eigenvalue weighted by Gasteiger charge is -2.64. The summed E-state index contributed by atoms with van der Waals surface area (Å²) in [4.78, 5) is 19.5. The quantitative estimate of drug-likeness (QED) is 0.429. The van der Waals surface area contributed by atoms with Crippen LogP contribution in [-0.4, -0.2) is 43.5 Å². The fourth-order valence-corrected chi connectivity index (χ4v) is 10.5. The average Bonchev–Trinajstić information content (AvgIpc) is 3.22. The summed E-state index contributed by atoms with van der Waals surface area (Å²) in [6.07, 6.45) is 14.1. The van der Waals surface area contributed by atoms with Gasteiger partial charge in [0, 0.05) is 11.8 Å². The highest BCUT2D eigenvalue weighted by Gasteiger charge is 2.64. The number of aromatic nitrogens is 2. The van der Waals surface area contributed by atoms with E-state index < -0.39 is 5.97 Å². The molecule has 37 heavy (non-hydrogen) atoms. The van der Waals surface area contributed by atoms with Gasteiger partial charge in [-0.25, -0.2) is 14.8 Å². The van der Waals surface area contributed by atoms with Crippen LogP contribution in [0.3, 0.4) is 0 Å². The third kappa shape index (κ3) is 4.44. The van der Waals surface area contributed by atoms with E-state index >= 15 is 0 Å². The van der Waals surface area contributed by atoms with Gasteiger partial charge in [0.25, 0.3) is 0 Å². The van der Waals surface area contributed by atoms with Crippen LogP contribution in [0.15, 0.2) is 12.5 Å². The Morgan fingerprint density at radius 1 is 1.08 bits per heavy atom. The Morgan fingerprint density at radius 2 is 1.81 bits per heavy atom. The summed E-state index contributed by atoms with van der Waals surface area (Å²) in [6, 6.07) is 0. The highest BCUT2D eigenvalue weighted by molar-refractivity contribution is 5.86. The van der Waals surface area contributed by atoms with Gasteiger partial charge in [-0.2, -0.15) is 0 Å². The van der Waals surface area contributed by atoms with E-state index in [1.165, 1.54) is 32.0 Å². The van der Waals surface area contributed by atoms with Gasteiger partial charge >= 0.3 is 5.97 Å². The molecule has 0 bridgehead atoms. The molecule has 1 aromatic heterocycles. The lowest BCUT2D eigenvalue weighted by molar-refractivity contribution is -0.203. The molecule has 0 amide bonds. The molecule has 4 aliphatic carbocycles. The molecule has 0 spiro atoms. The van der Waals surface area contributed by atoms with Crippen LogP contribution in [0.1, 0.15) is 108 Å². The topological polar surface area (TPSA) is 104 Å². The SMILES string of the molecule is CC[C@@H]1C2C[C@H](O)CCC2(C)C2CCC3(C)C(CC[C@@H]3[C@H](C)CCCc3cncnc3C(=O)O)C2[C@@H]1O. The molecule has 1 heterocycles. The summed E-state index contributed by atoms with van der Waals surface area (Å²) in [5.74, 6) is 2.52. The Labute approximate surface area is 222 Å². The summed E-state index contributed by atoms with van der Waals surface area (Å²) < 4.78 is 0. The molecule has 0 aromatic carbocycles. The maximum Gasteiger partial charge on any atom is 0.354 e. The van der Waals surface area contributed by atoms with Crippen molar-refractivity contribution in [2.45, 2.75) is 111 Å². The van der Waals surface area contributed by atoms with E-state index in [0.29, 0.717) is 47.8 Å². The number of hydrogen-bond donors (Lipinski definition) is 3. The second-order valence-corrected chi connectivity index (χ2v) is 13.7. The Hall–Kier alpha value is -1.53. The second kappa shape index (κ2) is 10.2. The zero-order valence-corrected chi connectivity index (χ0v) is 23.3. The maximum atomic E-state index is 11.9. The van der Waals surface area contributed by atoms with Crippen molar-refractivity contribution in [2.75, 3.05) is 0 Å². The number of carboxylic acid groups (broad SMARTS) is 1. The first-order valence-electron chi connectivity index (χ1n) is 15.0. The predicted molar refractivity (Wildman–Crippen MR) is 143 cm³/mol. The van der Waals surface area contributed by atoms with E-state index in [1.54, 1.807) is 6.20 Å². The molecule has 6 heteroatoms. The van der Waals surface area contributed by atoms with Crippen LogP contribution in [0.25, 0.3) is 0 Å². The fourth-order valence-electron chi connectivity index (χ4n) is 10.5. The molecule has 0 saturated heterocycles. The molecule has 4 saturated carbocycles. The smallest absolute Gasteiger partial charge is 0.354 e. The van der Waals surface area contributed by atoms with Crippen molar-refractivity contribution < 1.29 is 20.1 Å². The van der Waals surface area contributed by atoms with Crippen molar-refractivity contribution >= 4 is 5.97 Å². The van der Waals surface area contributed by atoms with E-state index in [2.05, 4.69) is 37.7 Å². The molecule has 11 atom stereocenters. The Kier molecular flexibility index (Phi) is 7.47. The van der Waals surface area contributed by atoms with E-state index in [0.717, 1.165) is 44.1 Å². The van der Waals surface area contributed by atoms with Crippen LogP contribution in [0.5, 0.6) is 0 Å². The van der Waals surface area contributed by atoms with E-state index in [4.69, 9.17) is 0 Å². The van der Waals surface area contributed by atoms with Gasteiger partial charge < -0.3 is 15.3 Å². The van der Waals surface area contributed by atoms with Crippen molar-refractivity contribution in [3.63, 3.8) is 0 Å². The van der Waals surface area contributed by atoms with Crippen LogP contribution in [0.2, 0.25) is 0 Å². The number of aliphatic hydroxyl groups excluding tert-OH is 2. The number of aliphatic hydroxyl groups is 2. The maximum absolute atomic E-state index is 11.9. The molecule has 5 rings (SSSR count). The first-order valence-corrected chi connectivity index (χ1v) is 15.0. The Morgan fingerprint density at radius 3 is 2.54 bits per heavy atom. The number of carboxylic acids is 1. The molecule has 0 aliphatic heterocycles. The zero-order chi connectivity index (χ0) is 26.5. The van der Waals surface area contributed by atoms with Gasteiger partial charge in [-0.05, 0) is 110 Å². The molecule has 1 aromatic rings. The minimum Gasteiger partial charge on any atom is -0.477 e. The molecule has 3 N–H and O–H groups in total. The number of aryl methyl sites for hydroxylation is 1. The first kappa shape index (κ1) is 27.1. The third-order valence-corrected chi connectivity index (χ3v) is 12.2. The molecular formula is C31H48N2O4. The molecule has 6 unspecified atom stereocenters. The van der Waals surface area contributed by atoms with Crippen LogP contribution in [0, 0.1) is 52.3 Å². The van der Waals surface area contributed by atoms with E-state index in [9.17, 15) is 20.1 Å². The number of nitrogens with zero attached hydrogens (tertiary/aromatic N) is 2. The molecule has 0 radical (unpaired) electrons. The highest BCUT2D eigenvalue weighted by Crippen LogP contribution is 2.69. The minimum absolute atomic E-state index is 0.132. The first-order chi connectivity index (χ1) is 17.6. The largest absolute Gasteiger partial charge is 0.477 e. The Bertz CT molecular complexity index is 986. The summed E-state index contributed by atoms with van der Waals surface area (Å²) >= 11 is 0. The molecule has 206 valence electrons.